The predicted molar refractivity (Wildman–Crippen MR) is 72.8 cm³/mol. The van der Waals surface area contributed by atoms with Crippen LogP contribution in [0.15, 0.2) is 24.3 Å². The van der Waals surface area contributed by atoms with E-state index >= 15 is 0 Å². The number of nitrogens with zero attached hydrogens (tertiary/aromatic N) is 2. The molecule has 7 heteroatoms. The van der Waals surface area contributed by atoms with Crippen molar-refractivity contribution in [1.82, 2.24) is 4.90 Å². The highest BCUT2D eigenvalue weighted by atomic mass is 16.4. The molecule has 1 aromatic rings. The van der Waals surface area contributed by atoms with Crippen molar-refractivity contribution in [3.8, 4) is 6.07 Å². The summed E-state index contributed by atoms with van der Waals surface area (Å²) in [5.74, 6) is -4.75. The van der Waals surface area contributed by atoms with Gasteiger partial charge in [-0.15, -0.1) is 0 Å². The van der Waals surface area contributed by atoms with Gasteiger partial charge in [-0.2, -0.15) is 5.26 Å². The van der Waals surface area contributed by atoms with Gasteiger partial charge in [0.25, 0.3) is 11.8 Å². The molecule has 0 saturated heterocycles. The Balaban J connectivity index is 2.16. The summed E-state index contributed by atoms with van der Waals surface area (Å²) < 4.78 is 0. The molecule has 2 rings (SSSR count). The molecule has 0 spiro atoms. The van der Waals surface area contributed by atoms with Crippen LogP contribution in [0.3, 0.4) is 0 Å². The zero-order chi connectivity index (χ0) is 16.3. The number of aliphatic carboxylic acids is 1. The number of benzene rings is 1. The van der Waals surface area contributed by atoms with Gasteiger partial charge in [-0.1, -0.05) is 12.1 Å². The Morgan fingerprint density at radius 2 is 1.73 bits per heavy atom. The van der Waals surface area contributed by atoms with Crippen LogP contribution >= 0.6 is 0 Å². The summed E-state index contributed by atoms with van der Waals surface area (Å²) in [6.07, 6.45) is -0.237. The average Bonchev–Trinajstić information content (AvgIpc) is 2.73. The Morgan fingerprint density at radius 1 is 1.18 bits per heavy atom. The number of hydrogen-bond acceptors (Lipinski definition) is 5. The van der Waals surface area contributed by atoms with Gasteiger partial charge in [-0.05, 0) is 18.6 Å². The van der Waals surface area contributed by atoms with Crippen LogP contribution in [-0.2, 0) is 9.59 Å². The third kappa shape index (κ3) is 2.72. The molecule has 1 aliphatic rings. The Morgan fingerprint density at radius 3 is 2.18 bits per heavy atom. The van der Waals surface area contributed by atoms with Crippen LogP contribution in [0.2, 0.25) is 0 Å². The van der Waals surface area contributed by atoms with Crippen LogP contribution in [0.4, 0.5) is 0 Å². The van der Waals surface area contributed by atoms with Crippen molar-refractivity contribution in [3.05, 3.63) is 35.4 Å². The average molecular weight is 300 g/mol. The molecule has 0 unspecified atom stereocenters. The quantitative estimate of drug-likeness (QED) is 0.615. The summed E-state index contributed by atoms with van der Waals surface area (Å²) in [4.78, 5) is 48.1. The maximum Gasteiger partial charge on any atom is 0.314 e. The number of hydrogen-bond donors (Lipinski definition) is 1. The molecule has 1 aromatic carbocycles. The standard InChI is InChI=1S/C15H12N2O5/c16-7-3-6-11(15(21)22)12(18)8-17-13(19)9-4-1-2-5-10(9)14(17)20/h1-2,4-5,11H,3,6,8H2,(H,21,22)/t11-/m0/s1. The first-order valence-electron chi connectivity index (χ1n) is 6.55. The second kappa shape index (κ2) is 6.18. The summed E-state index contributed by atoms with van der Waals surface area (Å²) in [6, 6.07) is 7.92. The second-order valence-electron chi connectivity index (χ2n) is 4.80. The number of rotatable bonds is 6. The van der Waals surface area contributed by atoms with Crippen LogP contribution in [0.1, 0.15) is 33.6 Å². The highest BCUT2D eigenvalue weighted by Gasteiger charge is 2.38. The van der Waals surface area contributed by atoms with Gasteiger partial charge in [0.15, 0.2) is 5.78 Å². The number of carboxylic acids is 1. The molecule has 1 aliphatic heterocycles. The van der Waals surface area contributed by atoms with Crippen molar-refractivity contribution in [2.45, 2.75) is 12.8 Å². The molecule has 0 radical (unpaired) electrons. The van der Waals surface area contributed by atoms with Crippen LogP contribution in [0.5, 0.6) is 0 Å². The van der Waals surface area contributed by atoms with E-state index in [1.807, 2.05) is 0 Å². The van der Waals surface area contributed by atoms with E-state index in [2.05, 4.69) is 0 Å². The van der Waals surface area contributed by atoms with Crippen molar-refractivity contribution in [2.75, 3.05) is 6.54 Å². The van der Waals surface area contributed by atoms with Gasteiger partial charge < -0.3 is 5.11 Å². The summed E-state index contributed by atoms with van der Waals surface area (Å²) in [5, 5.41) is 17.5. The number of carbonyl (C=O) groups is 4. The SMILES string of the molecule is N#CCC[C@H](C(=O)O)C(=O)CN1C(=O)c2ccccc2C1=O. The smallest absolute Gasteiger partial charge is 0.314 e. The molecule has 22 heavy (non-hydrogen) atoms. The zero-order valence-electron chi connectivity index (χ0n) is 11.5. The van der Waals surface area contributed by atoms with Gasteiger partial charge in [0.1, 0.15) is 5.92 Å². The first-order valence-corrected chi connectivity index (χ1v) is 6.55. The van der Waals surface area contributed by atoms with Crippen molar-refractivity contribution >= 4 is 23.6 Å². The van der Waals surface area contributed by atoms with Crippen LogP contribution in [-0.4, -0.2) is 40.1 Å². The van der Waals surface area contributed by atoms with E-state index in [0.29, 0.717) is 0 Å². The fourth-order valence-electron chi connectivity index (χ4n) is 2.28. The molecule has 1 heterocycles. The third-order valence-corrected chi connectivity index (χ3v) is 3.42. The summed E-state index contributed by atoms with van der Waals surface area (Å²) >= 11 is 0. The summed E-state index contributed by atoms with van der Waals surface area (Å²) in [7, 11) is 0. The maximum absolute atomic E-state index is 12.1. The lowest BCUT2D eigenvalue weighted by Crippen LogP contribution is -2.39. The van der Waals surface area contributed by atoms with Gasteiger partial charge in [0.2, 0.25) is 0 Å². The zero-order valence-corrected chi connectivity index (χ0v) is 11.5. The van der Waals surface area contributed by atoms with Gasteiger partial charge in [0, 0.05) is 6.42 Å². The number of amides is 2. The fraction of sp³-hybridized carbons (Fsp3) is 0.267. The molecule has 0 bridgehead atoms. The molecular weight excluding hydrogens is 288 g/mol. The van der Waals surface area contributed by atoms with Gasteiger partial charge in [-0.3, -0.25) is 24.1 Å². The minimum Gasteiger partial charge on any atom is -0.481 e. The second-order valence-corrected chi connectivity index (χ2v) is 4.80. The minimum absolute atomic E-state index is 0.0924. The predicted octanol–water partition coefficient (Wildman–Crippen LogP) is 0.856. The third-order valence-electron chi connectivity index (χ3n) is 3.42. The molecule has 2 amide bonds. The summed E-state index contributed by atoms with van der Waals surface area (Å²) in [6.45, 7) is -0.602. The minimum atomic E-state index is -1.40. The summed E-state index contributed by atoms with van der Waals surface area (Å²) in [5.41, 5.74) is 0.397. The monoisotopic (exact) mass is 300 g/mol. The molecule has 1 N–H and O–H groups in total. The molecule has 7 nitrogen and oxygen atoms in total. The van der Waals surface area contributed by atoms with E-state index in [0.717, 1.165) is 4.90 Å². The van der Waals surface area contributed by atoms with Crippen molar-refractivity contribution < 1.29 is 24.3 Å². The van der Waals surface area contributed by atoms with E-state index in [-0.39, 0.29) is 24.0 Å². The molecule has 0 aromatic heterocycles. The number of imide groups is 1. The molecule has 0 fully saturated rings. The first kappa shape index (κ1) is 15.4. The van der Waals surface area contributed by atoms with E-state index in [1.165, 1.54) is 12.1 Å². The lowest BCUT2D eigenvalue weighted by atomic mass is 9.98. The Bertz CT molecular complexity index is 669. The number of nitriles is 1. The number of carbonyl (C=O) groups excluding carboxylic acids is 3. The highest BCUT2D eigenvalue weighted by Crippen LogP contribution is 2.23. The van der Waals surface area contributed by atoms with E-state index in [4.69, 9.17) is 10.4 Å². The Kier molecular flexibility index (Phi) is 4.32. The number of fused-ring (bicyclic) bond motifs is 1. The van der Waals surface area contributed by atoms with Gasteiger partial charge >= 0.3 is 5.97 Å². The van der Waals surface area contributed by atoms with Crippen LogP contribution in [0, 0.1) is 17.2 Å². The van der Waals surface area contributed by atoms with Crippen molar-refractivity contribution in [3.63, 3.8) is 0 Å². The number of carboxylic acid groups (broad SMARTS) is 1. The molecule has 1 atom stereocenters. The van der Waals surface area contributed by atoms with Crippen LogP contribution in [0.25, 0.3) is 0 Å². The molecule has 0 aliphatic carbocycles. The lowest BCUT2D eigenvalue weighted by molar-refractivity contribution is -0.146. The highest BCUT2D eigenvalue weighted by molar-refractivity contribution is 6.22. The number of ketones is 1. The first-order chi connectivity index (χ1) is 10.5. The van der Waals surface area contributed by atoms with E-state index < -0.39 is 36.0 Å². The lowest BCUT2D eigenvalue weighted by Gasteiger charge is -2.16. The Hall–Kier alpha value is -3.01. The van der Waals surface area contributed by atoms with Gasteiger partial charge in [-0.25, -0.2) is 0 Å². The van der Waals surface area contributed by atoms with Crippen LogP contribution < -0.4 is 0 Å². The Labute approximate surface area is 125 Å². The maximum atomic E-state index is 12.1. The van der Waals surface area contributed by atoms with E-state index in [1.54, 1.807) is 18.2 Å². The number of Topliss-reactive ketones (excluding diaryl/α,β-unsaturated/α-hetero) is 1. The van der Waals surface area contributed by atoms with Crippen molar-refractivity contribution in [2.24, 2.45) is 5.92 Å². The molecule has 112 valence electrons. The van der Waals surface area contributed by atoms with E-state index in [9.17, 15) is 19.2 Å². The molecule has 0 saturated carbocycles. The molecular formula is C15H12N2O5. The normalized spacial score (nSPS) is 14.4. The van der Waals surface area contributed by atoms with Crippen molar-refractivity contribution in [1.29, 1.82) is 5.26 Å². The largest absolute Gasteiger partial charge is 0.481 e. The fourth-order valence-corrected chi connectivity index (χ4v) is 2.28. The van der Waals surface area contributed by atoms with Gasteiger partial charge in [0.05, 0.1) is 23.7 Å². The topological polar surface area (TPSA) is 116 Å².